The normalized spacial score (nSPS) is 16.2. The highest BCUT2D eigenvalue weighted by Gasteiger charge is 2.20. The Balaban J connectivity index is 2.27. The fourth-order valence-electron chi connectivity index (χ4n) is 1.61. The molecule has 1 fully saturated rings. The molecule has 1 aliphatic heterocycles. The van der Waals surface area contributed by atoms with Gasteiger partial charge in [0.25, 0.3) is 0 Å². The molecule has 1 N–H and O–H groups in total. The van der Waals surface area contributed by atoms with Crippen LogP contribution in [0.5, 0.6) is 0 Å². The minimum absolute atomic E-state index is 0.00750. The largest absolute Gasteiger partial charge is 0.475 e. The summed E-state index contributed by atoms with van der Waals surface area (Å²) in [6.45, 7) is 1.84. The van der Waals surface area contributed by atoms with E-state index < -0.39 is 5.97 Å². The van der Waals surface area contributed by atoms with Crippen LogP contribution in [0.4, 0.5) is 5.95 Å². The molecule has 14 heavy (non-hydrogen) atoms. The van der Waals surface area contributed by atoms with Gasteiger partial charge >= 0.3 is 5.97 Å². The van der Waals surface area contributed by atoms with E-state index in [4.69, 9.17) is 5.11 Å². The van der Waals surface area contributed by atoms with Crippen molar-refractivity contribution in [2.75, 3.05) is 18.0 Å². The number of hydrogen-bond donors (Lipinski definition) is 1. The topological polar surface area (TPSA) is 71.2 Å². The Morgan fingerprint density at radius 1 is 1.43 bits per heavy atom. The molecule has 0 bridgehead atoms. The number of carboxylic acid groups (broad SMARTS) is 1. The Bertz CT molecular complexity index is 354. The van der Waals surface area contributed by atoms with Crippen molar-refractivity contribution in [1.82, 2.24) is 14.8 Å². The molecule has 1 saturated heterocycles. The fraction of sp³-hybridized carbons (Fsp3) is 0.625. The van der Waals surface area contributed by atoms with E-state index in [1.54, 1.807) is 7.05 Å². The third-order valence-corrected chi connectivity index (χ3v) is 2.33. The van der Waals surface area contributed by atoms with Crippen LogP contribution in [0.3, 0.4) is 0 Å². The average Bonchev–Trinajstić information content (AvgIpc) is 2.70. The summed E-state index contributed by atoms with van der Waals surface area (Å²) in [6, 6.07) is 0. The van der Waals surface area contributed by atoms with Crippen molar-refractivity contribution in [3.63, 3.8) is 0 Å². The van der Waals surface area contributed by atoms with E-state index in [0.717, 1.165) is 25.9 Å². The first kappa shape index (κ1) is 8.98. The first-order chi connectivity index (χ1) is 6.68. The molecule has 0 aromatic carbocycles. The van der Waals surface area contributed by atoms with Gasteiger partial charge < -0.3 is 10.0 Å². The van der Waals surface area contributed by atoms with Gasteiger partial charge in [0.1, 0.15) is 0 Å². The van der Waals surface area contributed by atoms with E-state index in [0.29, 0.717) is 5.95 Å². The lowest BCUT2D eigenvalue weighted by atomic mass is 10.4. The second-order valence-corrected chi connectivity index (χ2v) is 3.36. The van der Waals surface area contributed by atoms with Crippen LogP contribution in [0, 0.1) is 0 Å². The number of nitrogens with zero attached hydrogens (tertiary/aromatic N) is 4. The van der Waals surface area contributed by atoms with Gasteiger partial charge in [-0.2, -0.15) is 4.98 Å². The molecule has 2 heterocycles. The smallest absolute Gasteiger partial charge is 0.373 e. The maximum Gasteiger partial charge on any atom is 0.373 e. The van der Waals surface area contributed by atoms with Crippen molar-refractivity contribution in [3.8, 4) is 0 Å². The highest BCUT2D eigenvalue weighted by Crippen LogP contribution is 2.15. The Morgan fingerprint density at radius 3 is 2.57 bits per heavy atom. The van der Waals surface area contributed by atoms with Gasteiger partial charge in [-0.1, -0.05) is 0 Å². The Labute approximate surface area is 81.2 Å². The summed E-state index contributed by atoms with van der Waals surface area (Å²) in [5.74, 6) is -0.514. The van der Waals surface area contributed by atoms with Crippen LogP contribution in [0.15, 0.2) is 0 Å². The number of hydrogen-bond acceptors (Lipinski definition) is 4. The Kier molecular flexibility index (Phi) is 2.11. The first-order valence-corrected chi connectivity index (χ1v) is 4.58. The van der Waals surface area contributed by atoms with Gasteiger partial charge in [0.05, 0.1) is 0 Å². The minimum Gasteiger partial charge on any atom is -0.475 e. The Hall–Kier alpha value is -1.59. The van der Waals surface area contributed by atoms with E-state index >= 15 is 0 Å². The quantitative estimate of drug-likeness (QED) is 0.727. The lowest BCUT2D eigenvalue weighted by molar-refractivity contribution is 0.0678. The van der Waals surface area contributed by atoms with Crippen molar-refractivity contribution in [3.05, 3.63) is 5.82 Å². The second kappa shape index (κ2) is 3.28. The highest BCUT2D eigenvalue weighted by molar-refractivity contribution is 5.83. The Morgan fingerprint density at radius 2 is 2.07 bits per heavy atom. The molecular weight excluding hydrogens is 184 g/mol. The van der Waals surface area contributed by atoms with E-state index in [1.165, 1.54) is 4.68 Å². The van der Waals surface area contributed by atoms with Crippen LogP contribution in [0.2, 0.25) is 0 Å². The lowest BCUT2D eigenvalue weighted by Crippen LogP contribution is -2.19. The second-order valence-electron chi connectivity index (χ2n) is 3.36. The van der Waals surface area contributed by atoms with Crippen molar-refractivity contribution < 1.29 is 9.90 Å². The van der Waals surface area contributed by atoms with Crippen LogP contribution >= 0.6 is 0 Å². The van der Waals surface area contributed by atoms with Crippen molar-refractivity contribution in [1.29, 1.82) is 0 Å². The third-order valence-electron chi connectivity index (χ3n) is 2.33. The zero-order valence-corrected chi connectivity index (χ0v) is 7.97. The summed E-state index contributed by atoms with van der Waals surface area (Å²) >= 11 is 0. The molecule has 1 aromatic rings. The van der Waals surface area contributed by atoms with Crippen molar-refractivity contribution >= 4 is 11.9 Å². The zero-order valence-electron chi connectivity index (χ0n) is 7.97. The molecule has 0 aliphatic carbocycles. The molecule has 0 amide bonds. The summed E-state index contributed by atoms with van der Waals surface area (Å²) < 4.78 is 1.30. The van der Waals surface area contributed by atoms with Gasteiger partial charge in [0, 0.05) is 20.1 Å². The number of aromatic nitrogens is 3. The molecule has 1 aromatic heterocycles. The van der Waals surface area contributed by atoms with Gasteiger partial charge in [-0.15, -0.1) is 5.10 Å². The highest BCUT2D eigenvalue weighted by atomic mass is 16.4. The van der Waals surface area contributed by atoms with Crippen LogP contribution in [-0.2, 0) is 7.05 Å². The van der Waals surface area contributed by atoms with E-state index in [1.807, 2.05) is 4.90 Å². The number of carboxylic acids is 1. The van der Waals surface area contributed by atoms with E-state index in [2.05, 4.69) is 10.1 Å². The summed E-state index contributed by atoms with van der Waals surface area (Å²) in [6.07, 6.45) is 2.25. The predicted octanol–water partition coefficient (Wildman–Crippen LogP) is 0.113. The molecule has 6 heteroatoms. The molecule has 0 atom stereocenters. The predicted molar refractivity (Wildman–Crippen MR) is 49.4 cm³/mol. The summed E-state index contributed by atoms with van der Waals surface area (Å²) in [4.78, 5) is 16.7. The van der Waals surface area contributed by atoms with E-state index in [-0.39, 0.29) is 5.82 Å². The summed E-state index contributed by atoms with van der Waals surface area (Å²) in [7, 11) is 1.59. The maximum atomic E-state index is 10.7. The molecule has 76 valence electrons. The molecule has 0 saturated carbocycles. The summed E-state index contributed by atoms with van der Waals surface area (Å²) in [5, 5.41) is 12.8. The van der Waals surface area contributed by atoms with Crippen LogP contribution in [-0.4, -0.2) is 38.9 Å². The first-order valence-electron chi connectivity index (χ1n) is 4.58. The number of anilines is 1. The molecular formula is C8H12N4O2. The maximum absolute atomic E-state index is 10.7. The van der Waals surface area contributed by atoms with Gasteiger partial charge in [-0.3, -0.25) is 0 Å². The molecule has 0 unspecified atom stereocenters. The third kappa shape index (κ3) is 1.43. The molecule has 1 aliphatic rings. The standard InChI is InChI=1S/C8H12N4O2/c1-11-6(7(13)14)9-8(10-11)12-4-2-3-5-12/h2-5H2,1H3,(H,13,14). The van der Waals surface area contributed by atoms with Crippen molar-refractivity contribution in [2.24, 2.45) is 7.05 Å². The molecule has 0 radical (unpaired) electrons. The number of aromatic carboxylic acids is 1. The van der Waals surface area contributed by atoms with Gasteiger partial charge in [0.15, 0.2) is 0 Å². The SMILES string of the molecule is Cn1nc(N2CCCC2)nc1C(=O)O. The minimum atomic E-state index is -1.04. The van der Waals surface area contributed by atoms with Crippen LogP contribution in [0.1, 0.15) is 23.5 Å². The van der Waals surface area contributed by atoms with Gasteiger partial charge in [-0.05, 0) is 12.8 Å². The monoisotopic (exact) mass is 196 g/mol. The van der Waals surface area contributed by atoms with Crippen LogP contribution < -0.4 is 4.90 Å². The number of aryl methyl sites for hydroxylation is 1. The fourth-order valence-corrected chi connectivity index (χ4v) is 1.61. The molecule has 0 spiro atoms. The number of rotatable bonds is 2. The average molecular weight is 196 g/mol. The number of carbonyl (C=O) groups is 1. The van der Waals surface area contributed by atoms with Crippen molar-refractivity contribution in [2.45, 2.75) is 12.8 Å². The lowest BCUT2D eigenvalue weighted by Gasteiger charge is -2.10. The molecule has 2 rings (SSSR count). The zero-order chi connectivity index (χ0) is 10.1. The van der Waals surface area contributed by atoms with Crippen LogP contribution in [0.25, 0.3) is 0 Å². The van der Waals surface area contributed by atoms with Gasteiger partial charge in [-0.25, -0.2) is 9.48 Å². The molecule has 6 nitrogen and oxygen atoms in total. The van der Waals surface area contributed by atoms with E-state index in [9.17, 15) is 4.79 Å². The van der Waals surface area contributed by atoms with Gasteiger partial charge in [0.2, 0.25) is 11.8 Å². The summed E-state index contributed by atoms with van der Waals surface area (Å²) in [5.41, 5.74) is 0.